The molecule has 0 unspecified atom stereocenters. The molecule has 1 fully saturated rings. The van der Waals surface area contributed by atoms with Crippen molar-refractivity contribution in [3.8, 4) is 0 Å². The first-order chi connectivity index (χ1) is 11.1. The lowest BCUT2D eigenvalue weighted by Crippen LogP contribution is -2.50. The Hall–Kier alpha value is -1.92. The largest absolute Gasteiger partial charge is 0.480 e. The van der Waals surface area contributed by atoms with Crippen molar-refractivity contribution in [1.29, 1.82) is 0 Å². The summed E-state index contributed by atoms with van der Waals surface area (Å²) in [5.74, 6) is -1.27. The molecule has 0 aromatic heterocycles. The highest BCUT2D eigenvalue weighted by molar-refractivity contribution is 5.85. The molecule has 2 heterocycles. The van der Waals surface area contributed by atoms with Gasteiger partial charge in [0.1, 0.15) is 12.6 Å². The Morgan fingerprint density at radius 1 is 1.30 bits per heavy atom. The predicted molar refractivity (Wildman–Crippen MR) is 81.9 cm³/mol. The fraction of sp³-hybridized carbons (Fsp3) is 0.529. The van der Waals surface area contributed by atoms with E-state index < -0.39 is 12.0 Å². The van der Waals surface area contributed by atoms with Crippen LogP contribution in [0.3, 0.4) is 0 Å². The Morgan fingerprint density at radius 3 is 2.78 bits per heavy atom. The summed E-state index contributed by atoms with van der Waals surface area (Å²) in [6.45, 7) is 1.33. The fourth-order valence-electron chi connectivity index (χ4n) is 3.14. The zero-order valence-corrected chi connectivity index (χ0v) is 12.9. The lowest BCUT2D eigenvalue weighted by Gasteiger charge is -2.34. The second kappa shape index (κ2) is 7.10. The van der Waals surface area contributed by atoms with Gasteiger partial charge in [0.15, 0.2) is 0 Å². The summed E-state index contributed by atoms with van der Waals surface area (Å²) in [5, 5.41) is 9.43. The van der Waals surface area contributed by atoms with Gasteiger partial charge < -0.3 is 19.5 Å². The summed E-state index contributed by atoms with van der Waals surface area (Å²) in [7, 11) is 0. The van der Waals surface area contributed by atoms with Crippen LogP contribution in [0.15, 0.2) is 24.3 Å². The Bertz CT molecular complexity index is 582. The number of hydrogen-bond donors (Lipinski definition) is 1. The third kappa shape index (κ3) is 3.71. The minimum absolute atomic E-state index is 0.0557. The topological polar surface area (TPSA) is 76.1 Å². The van der Waals surface area contributed by atoms with Crippen LogP contribution in [-0.4, -0.2) is 53.8 Å². The Morgan fingerprint density at radius 2 is 2.09 bits per heavy atom. The van der Waals surface area contributed by atoms with Crippen molar-refractivity contribution in [2.75, 3.05) is 19.8 Å². The molecule has 0 aliphatic carbocycles. The van der Waals surface area contributed by atoms with Crippen LogP contribution in [0.1, 0.15) is 24.0 Å². The summed E-state index contributed by atoms with van der Waals surface area (Å²) < 4.78 is 10.9. The van der Waals surface area contributed by atoms with Gasteiger partial charge in [-0.3, -0.25) is 4.79 Å². The molecule has 2 aliphatic heterocycles. The van der Waals surface area contributed by atoms with Crippen molar-refractivity contribution in [2.45, 2.75) is 38.0 Å². The lowest BCUT2D eigenvalue weighted by atomic mass is 9.94. The lowest BCUT2D eigenvalue weighted by molar-refractivity contribution is -0.154. The number of carboxylic acids is 1. The number of ether oxygens (including phenoxy) is 2. The predicted octanol–water partition coefficient (Wildman–Crippen LogP) is 1.22. The van der Waals surface area contributed by atoms with E-state index in [2.05, 4.69) is 0 Å². The monoisotopic (exact) mass is 319 g/mol. The third-order valence-electron chi connectivity index (χ3n) is 4.41. The van der Waals surface area contributed by atoms with Crippen LogP contribution < -0.4 is 0 Å². The van der Waals surface area contributed by atoms with Crippen molar-refractivity contribution in [1.82, 2.24) is 4.90 Å². The molecule has 6 heteroatoms. The minimum Gasteiger partial charge on any atom is -0.480 e. The molecule has 0 saturated carbocycles. The van der Waals surface area contributed by atoms with Gasteiger partial charge in [0, 0.05) is 19.6 Å². The number of carboxylic acid groups (broad SMARTS) is 1. The molecule has 6 nitrogen and oxygen atoms in total. The third-order valence-corrected chi connectivity index (χ3v) is 4.41. The molecular weight excluding hydrogens is 298 g/mol. The van der Waals surface area contributed by atoms with E-state index in [9.17, 15) is 14.7 Å². The van der Waals surface area contributed by atoms with Crippen molar-refractivity contribution < 1.29 is 24.2 Å². The number of hydrogen-bond acceptors (Lipinski definition) is 4. The van der Waals surface area contributed by atoms with Crippen LogP contribution >= 0.6 is 0 Å². The van der Waals surface area contributed by atoms with E-state index >= 15 is 0 Å². The van der Waals surface area contributed by atoms with E-state index in [0.29, 0.717) is 19.6 Å². The molecule has 2 aliphatic rings. The van der Waals surface area contributed by atoms with Crippen LogP contribution in [0.4, 0.5) is 0 Å². The van der Waals surface area contributed by atoms with E-state index in [1.807, 2.05) is 24.3 Å². The second-order valence-corrected chi connectivity index (χ2v) is 6.00. The molecule has 0 bridgehead atoms. The summed E-state index contributed by atoms with van der Waals surface area (Å²) >= 11 is 0. The molecule has 2 atom stereocenters. The maximum Gasteiger partial charge on any atom is 0.326 e. The summed E-state index contributed by atoms with van der Waals surface area (Å²) in [6.07, 6.45) is 2.36. The minimum atomic E-state index is -0.980. The van der Waals surface area contributed by atoms with Crippen molar-refractivity contribution in [3.05, 3.63) is 35.4 Å². The number of nitrogens with zero attached hydrogens (tertiary/aromatic N) is 1. The number of rotatable bonds is 5. The van der Waals surface area contributed by atoms with Gasteiger partial charge in [-0.25, -0.2) is 4.79 Å². The normalized spacial score (nSPS) is 23.6. The highest BCUT2D eigenvalue weighted by Gasteiger charge is 2.34. The summed E-state index contributed by atoms with van der Waals surface area (Å²) in [6, 6.07) is 6.81. The van der Waals surface area contributed by atoms with Gasteiger partial charge in [0.2, 0.25) is 5.91 Å². The van der Waals surface area contributed by atoms with Crippen LogP contribution in [0, 0.1) is 0 Å². The van der Waals surface area contributed by atoms with Crippen LogP contribution in [0.25, 0.3) is 0 Å². The SMILES string of the molecule is O=C(O)[C@H]1Cc2ccccc2CN1C(=O)COC[C@@H]1CCCO1. The molecule has 124 valence electrons. The Balaban J connectivity index is 1.61. The standard InChI is InChI=1S/C17H21NO5/c19-16(11-22-10-14-6-3-7-23-14)18-9-13-5-2-1-4-12(13)8-15(18)17(20)21/h1-2,4-5,14-15H,3,6-11H2,(H,20,21)/t14-,15+/m0/s1. The van der Waals surface area contributed by atoms with Gasteiger partial charge in [0.25, 0.3) is 0 Å². The molecule has 0 radical (unpaired) electrons. The zero-order valence-electron chi connectivity index (χ0n) is 12.9. The molecule has 3 rings (SSSR count). The molecule has 1 saturated heterocycles. The average molecular weight is 319 g/mol. The summed E-state index contributed by atoms with van der Waals surface area (Å²) in [5.41, 5.74) is 1.99. The van der Waals surface area contributed by atoms with Gasteiger partial charge in [0.05, 0.1) is 12.7 Å². The van der Waals surface area contributed by atoms with E-state index in [4.69, 9.17) is 9.47 Å². The fourth-order valence-corrected chi connectivity index (χ4v) is 3.14. The number of benzene rings is 1. The second-order valence-electron chi connectivity index (χ2n) is 6.00. The van der Waals surface area contributed by atoms with Gasteiger partial charge in [-0.15, -0.1) is 0 Å². The van der Waals surface area contributed by atoms with Gasteiger partial charge in [-0.1, -0.05) is 24.3 Å². The number of carbonyl (C=O) groups is 2. The van der Waals surface area contributed by atoms with Crippen LogP contribution in [0.5, 0.6) is 0 Å². The quantitative estimate of drug-likeness (QED) is 0.883. The average Bonchev–Trinajstić information content (AvgIpc) is 3.06. The highest BCUT2D eigenvalue weighted by Crippen LogP contribution is 2.23. The Kier molecular flexibility index (Phi) is 4.93. The van der Waals surface area contributed by atoms with E-state index in [-0.39, 0.29) is 18.6 Å². The first-order valence-electron chi connectivity index (χ1n) is 7.93. The molecule has 0 spiro atoms. The molecule has 1 aromatic rings. The number of aliphatic carboxylic acids is 1. The van der Waals surface area contributed by atoms with Crippen molar-refractivity contribution >= 4 is 11.9 Å². The van der Waals surface area contributed by atoms with Crippen molar-refractivity contribution in [3.63, 3.8) is 0 Å². The van der Waals surface area contributed by atoms with Gasteiger partial charge in [-0.2, -0.15) is 0 Å². The first-order valence-corrected chi connectivity index (χ1v) is 7.93. The molecule has 1 aromatic carbocycles. The van der Waals surface area contributed by atoms with E-state index in [1.165, 1.54) is 4.90 Å². The van der Waals surface area contributed by atoms with Crippen LogP contribution in [-0.2, 0) is 32.0 Å². The van der Waals surface area contributed by atoms with Gasteiger partial charge >= 0.3 is 5.97 Å². The number of carbonyl (C=O) groups excluding carboxylic acids is 1. The van der Waals surface area contributed by atoms with Crippen molar-refractivity contribution in [2.24, 2.45) is 0 Å². The zero-order chi connectivity index (χ0) is 16.2. The first kappa shape index (κ1) is 16.0. The molecule has 23 heavy (non-hydrogen) atoms. The maximum atomic E-state index is 12.4. The summed E-state index contributed by atoms with van der Waals surface area (Å²) in [4.78, 5) is 25.3. The Labute approximate surface area is 135 Å². The van der Waals surface area contributed by atoms with Crippen LogP contribution in [0.2, 0.25) is 0 Å². The highest BCUT2D eigenvalue weighted by atomic mass is 16.5. The molecule has 1 amide bonds. The molecular formula is C17H21NO5. The molecule has 1 N–H and O–H groups in total. The number of fused-ring (bicyclic) bond motifs is 1. The van der Waals surface area contributed by atoms with E-state index in [0.717, 1.165) is 30.6 Å². The maximum absolute atomic E-state index is 12.4. The number of amides is 1. The smallest absolute Gasteiger partial charge is 0.326 e. The van der Waals surface area contributed by atoms with E-state index in [1.54, 1.807) is 0 Å². The van der Waals surface area contributed by atoms with Gasteiger partial charge in [-0.05, 0) is 24.0 Å².